The van der Waals surface area contributed by atoms with Crippen molar-refractivity contribution in [2.24, 2.45) is 0 Å². The van der Waals surface area contributed by atoms with Gasteiger partial charge < -0.3 is 4.74 Å². The van der Waals surface area contributed by atoms with E-state index in [4.69, 9.17) is 4.74 Å². The minimum Gasteiger partial charge on any atom is -0.496 e. The monoisotopic (exact) mass is 344 g/mol. The number of anilines is 1. The molecule has 0 spiro atoms. The van der Waals surface area contributed by atoms with Gasteiger partial charge in [0, 0.05) is 12.7 Å². The number of methoxy groups -OCH3 is 1. The lowest BCUT2D eigenvalue weighted by molar-refractivity contribution is 0.411. The van der Waals surface area contributed by atoms with Crippen molar-refractivity contribution in [3.05, 3.63) is 58.6 Å². The van der Waals surface area contributed by atoms with Gasteiger partial charge in [-0.2, -0.15) is 0 Å². The largest absolute Gasteiger partial charge is 0.496 e. The van der Waals surface area contributed by atoms with Gasteiger partial charge in [0.05, 0.1) is 12.5 Å². The van der Waals surface area contributed by atoms with Crippen LogP contribution in [0, 0.1) is 6.92 Å². The van der Waals surface area contributed by atoms with E-state index in [1.54, 1.807) is 19.4 Å². The minimum absolute atomic E-state index is 0.452. The molecule has 2 heterocycles. The average Bonchev–Trinajstić information content (AvgIpc) is 2.60. The number of fused-ring (bicyclic) bond motifs is 1. The number of pyridine rings is 1. The molecule has 0 amide bonds. The summed E-state index contributed by atoms with van der Waals surface area (Å²) >= 11 is 0. The Morgan fingerprint density at radius 1 is 1.29 bits per heavy atom. The normalized spacial score (nSPS) is 14.7. The number of ether oxygens (including phenoxy) is 1. The van der Waals surface area contributed by atoms with Crippen molar-refractivity contribution in [1.82, 2.24) is 4.98 Å². The van der Waals surface area contributed by atoms with E-state index in [2.05, 4.69) is 4.98 Å². The van der Waals surface area contributed by atoms with E-state index in [9.17, 15) is 8.42 Å². The molecule has 0 unspecified atom stereocenters. The molecule has 2 aromatic rings. The fraction of sp³-hybridized carbons (Fsp3) is 0.278. The summed E-state index contributed by atoms with van der Waals surface area (Å²) in [5.74, 6) is 1.27. The first kappa shape index (κ1) is 16.5. The Hall–Kier alpha value is -2.34. The van der Waals surface area contributed by atoms with Crippen LogP contribution in [0.1, 0.15) is 23.1 Å². The first-order valence-electron chi connectivity index (χ1n) is 7.80. The smallest absolute Gasteiger partial charge is 0.258 e. The van der Waals surface area contributed by atoms with Gasteiger partial charge in [0.2, 0.25) is 0 Å². The van der Waals surface area contributed by atoms with Crippen molar-refractivity contribution >= 4 is 21.9 Å². The van der Waals surface area contributed by atoms with Crippen LogP contribution in [0.5, 0.6) is 5.75 Å². The van der Waals surface area contributed by atoms with Crippen molar-refractivity contribution in [2.45, 2.75) is 19.8 Å². The van der Waals surface area contributed by atoms with Gasteiger partial charge in [-0.25, -0.2) is 13.4 Å². The number of sulfonamides is 1. The van der Waals surface area contributed by atoms with E-state index in [-0.39, 0.29) is 0 Å². The van der Waals surface area contributed by atoms with Gasteiger partial charge in [-0.1, -0.05) is 18.2 Å². The molecule has 24 heavy (non-hydrogen) atoms. The Bertz CT molecular complexity index is 876. The lowest BCUT2D eigenvalue weighted by Crippen LogP contribution is -2.34. The van der Waals surface area contributed by atoms with Crippen LogP contribution in [0.15, 0.2) is 41.9 Å². The molecule has 0 fully saturated rings. The highest BCUT2D eigenvalue weighted by molar-refractivity contribution is 7.95. The molecule has 5 nitrogen and oxygen atoms in total. The van der Waals surface area contributed by atoms with Crippen molar-refractivity contribution in [1.29, 1.82) is 0 Å². The Labute approximate surface area is 142 Å². The fourth-order valence-corrected chi connectivity index (χ4v) is 4.06. The van der Waals surface area contributed by atoms with Crippen molar-refractivity contribution in [3.8, 4) is 5.75 Å². The van der Waals surface area contributed by atoms with Gasteiger partial charge in [-0.05, 0) is 54.7 Å². The third-order valence-corrected chi connectivity index (χ3v) is 5.53. The van der Waals surface area contributed by atoms with Gasteiger partial charge in [-0.3, -0.25) is 4.31 Å². The summed E-state index contributed by atoms with van der Waals surface area (Å²) in [5, 5.41) is 1.24. The summed E-state index contributed by atoms with van der Waals surface area (Å²) in [6.07, 6.45) is 4.87. The summed E-state index contributed by atoms with van der Waals surface area (Å²) in [4.78, 5) is 4.25. The molecule has 1 aromatic heterocycles. The first-order valence-corrected chi connectivity index (χ1v) is 9.31. The van der Waals surface area contributed by atoms with Gasteiger partial charge in [0.25, 0.3) is 10.0 Å². The summed E-state index contributed by atoms with van der Waals surface area (Å²) in [5.41, 5.74) is 2.75. The van der Waals surface area contributed by atoms with E-state index < -0.39 is 10.0 Å². The van der Waals surface area contributed by atoms with Gasteiger partial charge in [-0.15, -0.1) is 0 Å². The Kier molecular flexibility index (Phi) is 4.57. The molecule has 0 bridgehead atoms. The van der Waals surface area contributed by atoms with Crippen LogP contribution in [0.25, 0.3) is 6.08 Å². The number of aromatic nitrogens is 1. The number of hydrogen-bond acceptors (Lipinski definition) is 4. The fourth-order valence-electron chi connectivity index (χ4n) is 2.80. The topological polar surface area (TPSA) is 59.5 Å². The number of hydrogen-bond donors (Lipinski definition) is 0. The predicted octanol–water partition coefficient (Wildman–Crippen LogP) is 3.15. The third kappa shape index (κ3) is 3.28. The summed E-state index contributed by atoms with van der Waals surface area (Å²) in [6, 6.07) is 9.36. The van der Waals surface area contributed by atoms with E-state index in [1.807, 2.05) is 37.3 Å². The molecular formula is C18H20N2O3S. The highest BCUT2D eigenvalue weighted by Crippen LogP contribution is 2.27. The van der Waals surface area contributed by atoms with E-state index in [0.29, 0.717) is 12.4 Å². The molecule has 6 heteroatoms. The Balaban J connectivity index is 1.90. The predicted molar refractivity (Wildman–Crippen MR) is 95.6 cm³/mol. The molecule has 126 valence electrons. The van der Waals surface area contributed by atoms with Gasteiger partial charge in [0.1, 0.15) is 11.6 Å². The molecule has 1 aromatic carbocycles. The highest BCUT2D eigenvalue weighted by Gasteiger charge is 2.26. The number of nitrogens with zero attached hydrogens (tertiary/aromatic N) is 2. The standard InChI is InChI=1S/C18H20N2O3S/c1-14-7-8-15(13-17(14)23-2)9-12-24(21,22)20-11-4-6-16-5-3-10-19-18(16)20/h3,5,7-10,12-13H,4,6,11H2,1-2H3/b12-9+. The second-order valence-electron chi connectivity index (χ2n) is 5.74. The quantitative estimate of drug-likeness (QED) is 0.855. The molecule has 0 saturated heterocycles. The molecule has 1 aliphatic heterocycles. The Morgan fingerprint density at radius 3 is 2.92 bits per heavy atom. The Morgan fingerprint density at radius 2 is 2.12 bits per heavy atom. The van der Waals surface area contributed by atoms with Crippen LogP contribution >= 0.6 is 0 Å². The minimum atomic E-state index is -3.58. The van der Waals surface area contributed by atoms with Crippen LogP contribution in [0.2, 0.25) is 0 Å². The maximum Gasteiger partial charge on any atom is 0.258 e. The zero-order valence-corrected chi connectivity index (χ0v) is 14.6. The van der Waals surface area contributed by atoms with Crippen LogP contribution in [0.3, 0.4) is 0 Å². The SMILES string of the molecule is COc1cc(/C=C/S(=O)(=O)N2CCCc3cccnc32)ccc1C. The highest BCUT2D eigenvalue weighted by atomic mass is 32.2. The molecule has 0 radical (unpaired) electrons. The van der Waals surface area contributed by atoms with Crippen LogP contribution in [-0.4, -0.2) is 27.1 Å². The molecule has 0 atom stereocenters. The average molecular weight is 344 g/mol. The second kappa shape index (κ2) is 6.65. The maximum absolute atomic E-state index is 12.7. The van der Waals surface area contributed by atoms with Crippen LogP contribution < -0.4 is 9.04 Å². The van der Waals surface area contributed by atoms with Crippen LogP contribution in [-0.2, 0) is 16.4 Å². The summed E-state index contributed by atoms with van der Waals surface area (Å²) in [7, 11) is -1.98. The zero-order valence-electron chi connectivity index (χ0n) is 13.8. The number of benzene rings is 1. The first-order chi connectivity index (χ1) is 11.5. The number of rotatable bonds is 4. The molecule has 0 saturated carbocycles. The molecule has 0 N–H and O–H groups in total. The third-order valence-electron chi connectivity index (χ3n) is 4.08. The van der Waals surface area contributed by atoms with Gasteiger partial charge in [0.15, 0.2) is 0 Å². The van der Waals surface area contributed by atoms with E-state index in [0.717, 1.165) is 35.3 Å². The lowest BCUT2D eigenvalue weighted by Gasteiger charge is -2.27. The zero-order chi connectivity index (χ0) is 17.2. The molecular weight excluding hydrogens is 324 g/mol. The van der Waals surface area contributed by atoms with E-state index >= 15 is 0 Å². The van der Waals surface area contributed by atoms with Gasteiger partial charge >= 0.3 is 0 Å². The molecule has 0 aliphatic carbocycles. The second-order valence-corrected chi connectivity index (χ2v) is 7.48. The summed E-state index contributed by atoms with van der Waals surface area (Å²) < 4.78 is 32.1. The van der Waals surface area contributed by atoms with Crippen molar-refractivity contribution in [3.63, 3.8) is 0 Å². The maximum atomic E-state index is 12.7. The van der Waals surface area contributed by atoms with Crippen molar-refractivity contribution in [2.75, 3.05) is 18.0 Å². The van der Waals surface area contributed by atoms with E-state index in [1.165, 1.54) is 9.71 Å². The van der Waals surface area contributed by atoms with Crippen LogP contribution in [0.4, 0.5) is 5.82 Å². The van der Waals surface area contributed by atoms with Crippen molar-refractivity contribution < 1.29 is 13.2 Å². The molecule has 3 rings (SSSR count). The summed E-state index contributed by atoms with van der Waals surface area (Å²) in [6.45, 7) is 2.40. The number of aryl methyl sites for hydroxylation is 2. The lowest BCUT2D eigenvalue weighted by atomic mass is 10.1. The molecule has 1 aliphatic rings.